The van der Waals surface area contributed by atoms with Gasteiger partial charge in [-0.05, 0) is 24.6 Å². The molecule has 0 aliphatic rings. The fraction of sp³-hybridized carbons (Fsp3) is 0.375. The molecule has 10 heteroatoms. The molecule has 3 aromatic rings. The molecule has 0 spiro atoms. The van der Waals surface area contributed by atoms with Gasteiger partial charge in [-0.2, -0.15) is 0 Å². The number of carbonyl (C=O) groups excluding carboxylic acids is 1. The minimum Gasteiger partial charge on any atom is -0.355 e. The molecule has 1 N–H and O–H groups in total. The first-order chi connectivity index (χ1) is 12.6. The van der Waals surface area contributed by atoms with E-state index in [1.54, 1.807) is 11.8 Å². The van der Waals surface area contributed by atoms with E-state index in [4.69, 9.17) is 11.6 Å². The van der Waals surface area contributed by atoms with Gasteiger partial charge >= 0.3 is 0 Å². The lowest BCUT2D eigenvalue weighted by Gasteiger charge is -2.00. The molecule has 26 heavy (non-hydrogen) atoms. The average Bonchev–Trinajstić information content (AvgIpc) is 3.20. The van der Waals surface area contributed by atoms with Crippen LogP contribution in [0.1, 0.15) is 19.2 Å². The molecule has 2 heterocycles. The van der Waals surface area contributed by atoms with Crippen molar-refractivity contribution in [1.29, 1.82) is 0 Å². The summed E-state index contributed by atoms with van der Waals surface area (Å²) in [5, 5.41) is 11.9. The number of fused-ring (bicyclic) bond motifs is 1. The topological polar surface area (TPSA) is 72.7 Å². The Bertz CT molecular complexity index is 911. The van der Waals surface area contributed by atoms with Gasteiger partial charge in [0.15, 0.2) is 8.68 Å². The molecule has 0 aliphatic heterocycles. The van der Waals surface area contributed by atoms with Gasteiger partial charge in [-0.3, -0.25) is 4.79 Å². The Hall–Kier alpha value is -1.29. The third-order valence-electron chi connectivity index (χ3n) is 3.55. The Morgan fingerprint density at radius 1 is 1.31 bits per heavy atom. The Labute approximate surface area is 169 Å². The van der Waals surface area contributed by atoms with Crippen LogP contribution in [0.2, 0.25) is 5.02 Å². The minimum absolute atomic E-state index is 0.0274. The van der Waals surface area contributed by atoms with Gasteiger partial charge in [0.2, 0.25) is 5.91 Å². The summed E-state index contributed by atoms with van der Waals surface area (Å²) >= 11 is 10.5. The number of halogens is 1. The van der Waals surface area contributed by atoms with Crippen molar-refractivity contribution in [2.75, 3.05) is 12.3 Å². The van der Waals surface area contributed by atoms with Crippen LogP contribution < -0.4 is 5.32 Å². The quantitative estimate of drug-likeness (QED) is 0.548. The number of imidazole rings is 1. The summed E-state index contributed by atoms with van der Waals surface area (Å²) in [6.07, 6.45) is 0.935. The first kappa shape index (κ1) is 19.5. The van der Waals surface area contributed by atoms with Gasteiger partial charge in [0.05, 0.1) is 22.5 Å². The largest absolute Gasteiger partial charge is 0.355 e. The van der Waals surface area contributed by atoms with Crippen LogP contribution in [0.4, 0.5) is 0 Å². The fourth-order valence-electron chi connectivity index (χ4n) is 2.23. The molecular weight excluding hydrogens is 410 g/mol. The number of benzene rings is 1. The summed E-state index contributed by atoms with van der Waals surface area (Å²) in [5.74, 6) is 2.04. The number of aromatic nitrogens is 4. The molecule has 138 valence electrons. The molecule has 0 saturated carbocycles. The van der Waals surface area contributed by atoms with E-state index in [1.165, 1.54) is 23.1 Å². The summed E-state index contributed by atoms with van der Waals surface area (Å²) in [6, 6.07) is 5.71. The van der Waals surface area contributed by atoms with E-state index < -0.39 is 0 Å². The molecule has 0 aliphatic carbocycles. The number of rotatable bonds is 8. The fourth-order valence-corrected chi connectivity index (χ4v) is 5.24. The second-order valence-electron chi connectivity index (χ2n) is 5.48. The van der Waals surface area contributed by atoms with Gasteiger partial charge < -0.3 is 9.88 Å². The highest BCUT2D eigenvalue weighted by Gasteiger charge is 2.12. The maximum atomic E-state index is 11.6. The number of hydrogen-bond acceptors (Lipinski definition) is 7. The van der Waals surface area contributed by atoms with Gasteiger partial charge in [0, 0.05) is 18.6 Å². The van der Waals surface area contributed by atoms with E-state index in [1.807, 2.05) is 32.2 Å². The molecule has 1 aromatic carbocycles. The number of nitrogens with zero attached hydrogens (tertiary/aromatic N) is 4. The predicted octanol–water partition coefficient (Wildman–Crippen LogP) is 3.99. The predicted molar refractivity (Wildman–Crippen MR) is 109 cm³/mol. The summed E-state index contributed by atoms with van der Waals surface area (Å²) in [7, 11) is 2.00. The van der Waals surface area contributed by atoms with Gasteiger partial charge in [-0.15, -0.1) is 10.2 Å². The normalized spacial score (nSPS) is 11.2. The minimum atomic E-state index is 0.0274. The van der Waals surface area contributed by atoms with Crippen LogP contribution in [-0.2, 0) is 17.6 Å². The average molecular weight is 428 g/mol. The number of thioether (sulfide) groups is 2. The van der Waals surface area contributed by atoms with Crippen LogP contribution in [0.25, 0.3) is 11.0 Å². The molecule has 2 aromatic heterocycles. The molecule has 0 bridgehead atoms. The Morgan fingerprint density at radius 3 is 2.85 bits per heavy atom. The van der Waals surface area contributed by atoms with Gasteiger partial charge in [0.1, 0.15) is 5.82 Å². The molecule has 0 unspecified atom stereocenters. The van der Waals surface area contributed by atoms with Crippen molar-refractivity contribution in [2.45, 2.75) is 27.8 Å². The maximum absolute atomic E-state index is 11.6. The molecule has 3 rings (SSSR count). The third-order valence-corrected chi connectivity index (χ3v) is 6.97. The summed E-state index contributed by atoms with van der Waals surface area (Å²) < 4.78 is 3.73. The second kappa shape index (κ2) is 9.07. The molecule has 0 atom stereocenters. The smallest absolute Gasteiger partial charge is 0.230 e. The van der Waals surface area contributed by atoms with Gasteiger partial charge in [-0.1, -0.05) is 53.4 Å². The highest BCUT2D eigenvalue weighted by atomic mass is 35.5. The van der Waals surface area contributed by atoms with Gasteiger partial charge in [0.25, 0.3) is 0 Å². The molecule has 6 nitrogen and oxygen atoms in total. The zero-order valence-corrected chi connectivity index (χ0v) is 17.6. The Kier molecular flexibility index (Phi) is 6.80. The summed E-state index contributed by atoms with van der Waals surface area (Å²) in [6.45, 7) is 2.74. The standard InChI is InChI=1S/C16H18ClN5OS3/c1-3-6-18-14(23)9-25-16-21-20-15(26-16)24-8-13-19-11-7-10(17)4-5-12(11)22(13)2/h4-5,7H,3,6,8-9H2,1-2H3,(H,18,23). The lowest BCUT2D eigenvalue weighted by molar-refractivity contribution is -0.118. The summed E-state index contributed by atoms with van der Waals surface area (Å²) in [5.41, 5.74) is 1.94. The van der Waals surface area contributed by atoms with Crippen LogP contribution in [0.5, 0.6) is 0 Å². The molecule has 0 fully saturated rings. The molecule has 1 amide bonds. The SMILES string of the molecule is CCCNC(=O)CSc1nnc(SCc2nc3cc(Cl)ccc3n2C)s1. The number of carbonyl (C=O) groups is 1. The summed E-state index contributed by atoms with van der Waals surface area (Å²) in [4.78, 5) is 16.3. The molecule has 0 radical (unpaired) electrons. The highest BCUT2D eigenvalue weighted by Crippen LogP contribution is 2.31. The van der Waals surface area contributed by atoms with Crippen LogP contribution in [0.15, 0.2) is 26.9 Å². The van der Waals surface area contributed by atoms with Crippen LogP contribution >= 0.6 is 46.5 Å². The van der Waals surface area contributed by atoms with E-state index in [0.29, 0.717) is 23.1 Å². The van der Waals surface area contributed by atoms with Crippen molar-refractivity contribution in [1.82, 2.24) is 25.1 Å². The molecular formula is C16H18ClN5OS3. The number of hydrogen-bond donors (Lipinski definition) is 1. The number of nitrogens with one attached hydrogen (secondary N) is 1. The first-order valence-corrected chi connectivity index (χ1v) is 11.2. The van der Waals surface area contributed by atoms with Crippen molar-refractivity contribution in [3.05, 3.63) is 29.0 Å². The van der Waals surface area contributed by atoms with E-state index >= 15 is 0 Å². The van der Waals surface area contributed by atoms with Crippen molar-refractivity contribution in [2.24, 2.45) is 7.05 Å². The van der Waals surface area contributed by atoms with Crippen molar-refractivity contribution in [3.8, 4) is 0 Å². The number of amides is 1. The monoisotopic (exact) mass is 427 g/mol. The van der Waals surface area contributed by atoms with Crippen molar-refractivity contribution in [3.63, 3.8) is 0 Å². The van der Waals surface area contributed by atoms with E-state index in [2.05, 4.69) is 25.1 Å². The van der Waals surface area contributed by atoms with Crippen LogP contribution in [0.3, 0.4) is 0 Å². The van der Waals surface area contributed by atoms with E-state index in [0.717, 1.165) is 32.0 Å². The maximum Gasteiger partial charge on any atom is 0.230 e. The van der Waals surface area contributed by atoms with Crippen LogP contribution in [-0.4, -0.2) is 38.0 Å². The lowest BCUT2D eigenvalue weighted by Crippen LogP contribution is -2.25. The first-order valence-electron chi connectivity index (χ1n) is 8.03. The molecule has 0 saturated heterocycles. The zero-order valence-electron chi connectivity index (χ0n) is 14.4. The number of aryl methyl sites for hydroxylation is 1. The van der Waals surface area contributed by atoms with E-state index in [-0.39, 0.29) is 5.91 Å². The zero-order chi connectivity index (χ0) is 18.5. The van der Waals surface area contributed by atoms with E-state index in [9.17, 15) is 4.79 Å². The van der Waals surface area contributed by atoms with Crippen LogP contribution in [0, 0.1) is 0 Å². The Morgan fingerprint density at radius 2 is 2.08 bits per heavy atom. The third kappa shape index (κ3) is 4.91. The highest BCUT2D eigenvalue weighted by molar-refractivity contribution is 8.03. The lowest BCUT2D eigenvalue weighted by atomic mass is 10.3. The van der Waals surface area contributed by atoms with Crippen molar-refractivity contribution >= 4 is 63.4 Å². The van der Waals surface area contributed by atoms with Gasteiger partial charge in [-0.25, -0.2) is 4.98 Å². The Balaban J connectivity index is 1.56. The van der Waals surface area contributed by atoms with Crippen molar-refractivity contribution < 1.29 is 4.79 Å². The second-order valence-corrected chi connectivity index (χ2v) is 9.34.